The molecule has 0 aromatic heterocycles. The number of nitrogens with one attached hydrogen (secondary N) is 3. The first-order valence-electron chi connectivity index (χ1n) is 10.2. The number of guanidine groups is 1. The molecule has 0 aromatic carbocycles. The van der Waals surface area contributed by atoms with Crippen molar-refractivity contribution in [3.8, 4) is 0 Å². The molecule has 3 N–H and O–H groups in total. The van der Waals surface area contributed by atoms with Gasteiger partial charge in [0.05, 0.1) is 6.54 Å². The van der Waals surface area contributed by atoms with E-state index in [-0.39, 0.29) is 35.8 Å². The highest BCUT2D eigenvalue weighted by atomic mass is 127. The Balaban J connectivity index is 0.00000364. The van der Waals surface area contributed by atoms with E-state index in [1.165, 1.54) is 12.8 Å². The third-order valence-electron chi connectivity index (χ3n) is 5.32. The third kappa shape index (κ3) is 8.66. The van der Waals surface area contributed by atoms with Crippen LogP contribution < -0.4 is 16.0 Å². The van der Waals surface area contributed by atoms with Gasteiger partial charge in [-0.15, -0.1) is 24.0 Å². The highest BCUT2D eigenvalue weighted by Crippen LogP contribution is 2.20. The topological polar surface area (TPSA) is 85.8 Å². The highest BCUT2D eigenvalue weighted by Gasteiger charge is 2.23. The second kappa shape index (κ2) is 13.2. The van der Waals surface area contributed by atoms with Gasteiger partial charge in [-0.3, -0.25) is 14.6 Å². The van der Waals surface area contributed by atoms with Gasteiger partial charge in [0.1, 0.15) is 0 Å². The van der Waals surface area contributed by atoms with Crippen molar-refractivity contribution >= 4 is 41.8 Å². The minimum atomic E-state index is 0. The van der Waals surface area contributed by atoms with E-state index >= 15 is 0 Å². The molecule has 0 spiro atoms. The highest BCUT2D eigenvalue weighted by molar-refractivity contribution is 14.0. The van der Waals surface area contributed by atoms with Gasteiger partial charge < -0.3 is 20.9 Å². The molecule has 0 bridgehead atoms. The van der Waals surface area contributed by atoms with Gasteiger partial charge in [-0.05, 0) is 38.5 Å². The lowest BCUT2D eigenvalue weighted by Crippen LogP contribution is -2.46. The second-order valence-electron chi connectivity index (χ2n) is 7.34. The first-order valence-corrected chi connectivity index (χ1v) is 10.2. The molecule has 2 fully saturated rings. The molecule has 7 nitrogen and oxygen atoms in total. The summed E-state index contributed by atoms with van der Waals surface area (Å²) in [6, 6.07) is 0.374. The zero-order valence-electron chi connectivity index (χ0n) is 16.8. The molecular formula is C19H36IN5O2. The summed E-state index contributed by atoms with van der Waals surface area (Å²) in [5.74, 6) is 1.57. The Bertz CT molecular complexity index is 486. The van der Waals surface area contributed by atoms with Crippen LogP contribution in [0.2, 0.25) is 0 Å². The number of hydrogen-bond donors (Lipinski definition) is 3. The molecule has 2 aliphatic rings. The summed E-state index contributed by atoms with van der Waals surface area (Å²) in [6.45, 7) is 5.19. The van der Waals surface area contributed by atoms with E-state index in [1.807, 2.05) is 0 Å². The molecule has 0 aromatic rings. The molecule has 0 unspecified atom stereocenters. The van der Waals surface area contributed by atoms with Gasteiger partial charge in [0, 0.05) is 45.6 Å². The first-order chi connectivity index (χ1) is 12.6. The van der Waals surface area contributed by atoms with Crippen LogP contribution in [0.1, 0.15) is 58.3 Å². The van der Waals surface area contributed by atoms with Crippen molar-refractivity contribution in [1.82, 2.24) is 20.9 Å². The Hall–Kier alpha value is -1.06. The van der Waals surface area contributed by atoms with Crippen molar-refractivity contribution in [2.45, 2.75) is 64.3 Å². The first kappa shape index (κ1) is 24.0. The Morgan fingerprint density at radius 1 is 1.07 bits per heavy atom. The van der Waals surface area contributed by atoms with E-state index < -0.39 is 0 Å². The van der Waals surface area contributed by atoms with Crippen LogP contribution in [0.5, 0.6) is 0 Å². The molecule has 1 saturated heterocycles. The zero-order chi connectivity index (χ0) is 18.8. The molecule has 1 aliphatic carbocycles. The van der Waals surface area contributed by atoms with Crippen LogP contribution >= 0.6 is 24.0 Å². The van der Waals surface area contributed by atoms with Crippen LogP contribution in [0.4, 0.5) is 0 Å². The van der Waals surface area contributed by atoms with E-state index in [4.69, 9.17) is 0 Å². The average Bonchev–Trinajstić information content (AvgIpc) is 3.14. The van der Waals surface area contributed by atoms with Gasteiger partial charge in [-0.1, -0.05) is 12.8 Å². The number of likely N-dealkylation sites (tertiary alicyclic amines) is 1. The van der Waals surface area contributed by atoms with Crippen LogP contribution in [-0.2, 0) is 9.59 Å². The lowest BCUT2D eigenvalue weighted by Gasteiger charge is -2.34. The van der Waals surface area contributed by atoms with Gasteiger partial charge >= 0.3 is 0 Å². The van der Waals surface area contributed by atoms with Crippen LogP contribution in [0.15, 0.2) is 4.99 Å². The molecule has 1 heterocycles. The summed E-state index contributed by atoms with van der Waals surface area (Å²) in [7, 11) is 1.69. The number of piperidine rings is 1. The van der Waals surface area contributed by atoms with Crippen molar-refractivity contribution in [3.63, 3.8) is 0 Å². The fourth-order valence-electron chi connectivity index (χ4n) is 3.77. The van der Waals surface area contributed by atoms with Crippen LogP contribution in [-0.4, -0.2) is 61.9 Å². The summed E-state index contributed by atoms with van der Waals surface area (Å²) in [5.41, 5.74) is 0. The van der Waals surface area contributed by atoms with Crippen molar-refractivity contribution in [2.75, 3.05) is 33.2 Å². The van der Waals surface area contributed by atoms with Crippen molar-refractivity contribution in [1.29, 1.82) is 0 Å². The Labute approximate surface area is 180 Å². The van der Waals surface area contributed by atoms with Crippen molar-refractivity contribution < 1.29 is 9.59 Å². The van der Waals surface area contributed by atoms with E-state index in [0.29, 0.717) is 31.3 Å². The maximum Gasteiger partial charge on any atom is 0.222 e. The number of aliphatic imine (C=N–C) groups is 1. The third-order valence-corrected chi connectivity index (χ3v) is 5.32. The van der Waals surface area contributed by atoms with Gasteiger partial charge in [0.25, 0.3) is 0 Å². The number of amides is 2. The van der Waals surface area contributed by atoms with Crippen LogP contribution in [0, 0.1) is 5.92 Å². The molecule has 156 valence electrons. The molecule has 0 atom stereocenters. The number of rotatable bonds is 7. The van der Waals surface area contributed by atoms with E-state index in [2.05, 4.69) is 32.8 Å². The smallest absolute Gasteiger partial charge is 0.222 e. The lowest BCUT2D eigenvalue weighted by molar-refractivity contribution is -0.122. The number of carbonyl (C=O) groups is 2. The monoisotopic (exact) mass is 493 g/mol. The maximum absolute atomic E-state index is 12.0. The Morgan fingerprint density at radius 3 is 2.33 bits per heavy atom. The second-order valence-corrected chi connectivity index (χ2v) is 7.34. The Kier molecular flexibility index (Phi) is 11.7. The standard InChI is InChI=1S/C19H35N5O2.HI/c1-3-21-19(22-11-8-17(25)23-16-6-4-5-7-16)24-12-9-15(10-13-24)14-18(26)20-2;/h15-16H,3-14H2,1-2H3,(H,20,26)(H,21,22)(H,23,25);1H. The summed E-state index contributed by atoms with van der Waals surface area (Å²) < 4.78 is 0. The van der Waals surface area contributed by atoms with Crippen LogP contribution in [0.25, 0.3) is 0 Å². The molecule has 0 radical (unpaired) electrons. The van der Waals surface area contributed by atoms with Gasteiger partial charge in [0.2, 0.25) is 11.8 Å². The summed E-state index contributed by atoms with van der Waals surface area (Å²) in [4.78, 5) is 30.5. The summed E-state index contributed by atoms with van der Waals surface area (Å²) in [6.07, 6.45) is 7.73. The van der Waals surface area contributed by atoms with Gasteiger partial charge in [0.15, 0.2) is 5.96 Å². The van der Waals surface area contributed by atoms with E-state index in [9.17, 15) is 9.59 Å². The predicted molar refractivity (Wildman–Crippen MR) is 119 cm³/mol. The number of nitrogens with zero attached hydrogens (tertiary/aromatic N) is 2. The molecule has 8 heteroatoms. The molecular weight excluding hydrogens is 457 g/mol. The van der Waals surface area contributed by atoms with E-state index in [1.54, 1.807) is 7.05 Å². The molecule has 27 heavy (non-hydrogen) atoms. The van der Waals surface area contributed by atoms with E-state index in [0.717, 1.165) is 51.3 Å². The average molecular weight is 493 g/mol. The largest absolute Gasteiger partial charge is 0.359 e. The maximum atomic E-state index is 12.0. The normalized spacial score (nSPS) is 18.7. The summed E-state index contributed by atoms with van der Waals surface area (Å²) in [5, 5.41) is 9.15. The number of halogens is 1. The SMILES string of the molecule is CCNC(=NCCC(=O)NC1CCCC1)N1CCC(CC(=O)NC)CC1.I. The fraction of sp³-hybridized carbons (Fsp3) is 0.842. The lowest BCUT2D eigenvalue weighted by atomic mass is 9.93. The molecule has 2 amide bonds. The van der Waals surface area contributed by atoms with Crippen molar-refractivity contribution in [2.24, 2.45) is 10.9 Å². The Morgan fingerprint density at radius 2 is 1.74 bits per heavy atom. The number of carbonyl (C=O) groups excluding carboxylic acids is 2. The van der Waals surface area contributed by atoms with Crippen molar-refractivity contribution in [3.05, 3.63) is 0 Å². The predicted octanol–water partition coefficient (Wildman–Crippen LogP) is 1.87. The fourth-order valence-corrected chi connectivity index (χ4v) is 3.77. The molecule has 2 rings (SSSR count). The summed E-state index contributed by atoms with van der Waals surface area (Å²) >= 11 is 0. The number of hydrogen-bond acceptors (Lipinski definition) is 3. The van der Waals surface area contributed by atoms with Crippen LogP contribution in [0.3, 0.4) is 0 Å². The minimum absolute atomic E-state index is 0. The van der Waals surface area contributed by atoms with Gasteiger partial charge in [-0.2, -0.15) is 0 Å². The quantitative estimate of drug-likeness (QED) is 0.287. The zero-order valence-corrected chi connectivity index (χ0v) is 19.1. The molecule has 1 saturated carbocycles. The van der Waals surface area contributed by atoms with Gasteiger partial charge in [-0.25, -0.2) is 0 Å². The minimum Gasteiger partial charge on any atom is -0.359 e. The molecule has 1 aliphatic heterocycles.